The monoisotopic (exact) mass is 330 g/mol. The Hall–Kier alpha value is -1.75. The Morgan fingerprint density at radius 3 is 2.67 bits per heavy atom. The first-order chi connectivity index (χ1) is 11.7. The van der Waals surface area contributed by atoms with E-state index in [2.05, 4.69) is 29.0 Å². The number of benzene rings is 1. The maximum absolute atomic E-state index is 6.21. The zero-order valence-electron chi connectivity index (χ0n) is 14.9. The Kier molecular flexibility index (Phi) is 5.61. The van der Waals surface area contributed by atoms with Crippen LogP contribution in [0.15, 0.2) is 29.3 Å². The fourth-order valence-electron chi connectivity index (χ4n) is 3.52. The van der Waals surface area contributed by atoms with Gasteiger partial charge in [-0.15, -0.1) is 0 Å². The Morgan fingerprint density at radius 2 is 2.00 bits per heavy atom. The Balaban J connectivity index is 1.80. The Bertz CT molecular complexity index is 564. The molecule has 2 N–H and O–H groups in total. The zero-order valence-corrected chi connectivity index (χ0v) is 14.9. The molecule has 5 heteroatoms. The van der Waals surface area contributed by atoms with Gasteiger partial charge in [-0.2, -0.15) is 0 Å². The number of nitrogens with zero attached hydrogens (tertiary/aromatic N) is 3. The van der Waals surface area contributed by atoms with Crippen LogP contribution in [0.5, 0.6) is 5.75 Å². The number of hydrogen-bond donors (Lipinski definition) is 1. The van der Waals surface area contributed by atoms with Gasteiger partial charge in [-0.3, -0.25) is 9.89 Å². The predicted octanol–water partition coefficient (Wildman–Crippen LogP) is 2.63. The molecule has 1 unspecified atom stereocenters. The second-order valence-electron chi connectivity index (χ2n) is 6.90. The summed E-state index contributed by atoms with van der Waals surface area (Å²) in [5.74, 6) is 1.60. The summed E-state index contributed by atoms with van der Waals surface area (Å²) in [7, 11) is 3.79. The highest BCUT2D eigenvalue weighted by molar-refractivity contribution is 5.78. The van der Waals surface area contributed by atoms with E-state index in [0.717, 1.165) is 18.8 Å². The molecule has 1 aromatic rings. The molecule has 1 aliphatic heterocycles. The number of hydrogen-bond acceptors (Lipinski definition) is 3. The first-order valence-electron chi connectivity index (χ1n) is 9.10. The molecule has 3 rings (SSSR count). The first kappa shape index (κ1) is 17.1. The maximum Gasteiger partial charge on any atom is 0.191 e. The van der Waals surface area contributed by atoms with Crippen LogP contribution in [0.1, 0.15) is 43.7 Å². The number of rotatable bonds is 6. The number of methoxy groups -OCH3 is 1. The van der Waals surface area contributed by atoms with Gasteiger partial charge in [0, 0.05) is 18.7 Å². The average molecular weight is 330 g/mol. The van der Waals surface area contributed by atoms with Crippen LogP contribution in [0.3, 0.4) is 0 Å². The number of ether oxygens (including phenoxy) is 1. The quantitative estimate of drug-likeness (QED) is 0.643. The highest BCUT2D eigenvalue weighted by Crippen LogP contribution is 2.32. The molecule has 1 atom stereocenters. The van der Waals surface area contributed by atoms with Crippen molar-refractivity contribution >= 4 is 5.96 Å². The van der Waals surface area contributed by atoms with Crippen molar-refractivity contribution in [3.8, 4) is 5.75 Å². The summed E-state index contributed by atoms with van der Waals surface area (Å²) in [6, 6.07) is 9.12. The summed E-state index contributed by atoms with van der Waals surface area (Å²) in [6.45, 7) is 2.93. The number of para-hydroxylation sites is 1. The third kappa shape index (κ3) is 4.01. The predicted molar refractivity (Wildman–Crippen MR) is 98.4 cm³/mol. The van der Waals surface area contributed by atoms with Gasteiger partial charge in [0.25, 0.3) is 0 Å². The van der Waals surface area contributed by atoms with Crippen molar-refractivity contribution in [1.82, 2.24) is 9.80 Å². The molecule has 1 aromatic carbocycles. The largest absolute Gasteiger partial charge is 0.496 e. The van der Waals surface area contributed by atoms with E-state index in [0.29, 0.717) is 18.5 Å². The van der Waals surface area contributed by atoms with E-state index in [9.17, 15) is 0 Å². The van der Waals surface area contributed by atoms with Crippen molar-refractivity contribution in [1.29, 1.82) is 0 Å². The fraction of sp³-hybridized carbons (Fsp3) is 0.632. The molecule has 5 nitrogen and oxygen atoms in total. The number of aliphatic imine (C=N–C) groups is 1. The Labute approximate surface area is 145 Å². The molecule has 0 bridgehead atoms. The lowest BCUT2D eigenvalue weighted by Crippen LogP contribution is -2.38. The zero-order chi connectivity index (χ0) is 16.9. The van der Waals surface area contributed by atoms with Crippen molar-refractivity contribution in [2.45, 2.75) is 44.2 Å². The van der Waals surface area contributed by atoms with Gasteiger partial charge in [-0.05, 0) is 44.8 Å². The molecule has 1 aliphatic carbocycles. The second kappa shape index (κ2) is 7.88. The van der Waals surface area contributed by atoms with E-state index in [-0.39, 0.29) is 6.04 Å². The summed E-state index contributed by atoms with van der Waals surface area (Å²) in [4.78, 5) is 9.39. The van der Waals surface area contributed by atoms with E-state index < -0.39 is 0 Å². The minimum Gasteiger partial charge on any atom is -0.496 e. The van der Waals surface area contributed by atoms with Crippen molar-refractivity contribution in [2.75, 3.05) is 33.8 Å². The lowest BCUT2D eigenvalue weighted by molar-refractivity contribution is 0.165. The molecular weight excluding hydrogens is 300 g/mol. The molecule has 132 valence electrons. The highest BCUT2D eigenvalue weighted by atomic mass is 16.5. The SMILES string of the molecule is COc1ccccc1C(CN=C(N)N(C)C1CC1)N1CCCCC1. The molecule has 0 spiro atoms. The summed E-state index contributed by atoms with van der Waals surface area (Å²) < 4.78 is 5.60. The van der Waals surface area contributed by atoms with Crippen molar-refractivity contribution in [3.05, 3.63) is 29.8 Å². The number of likely N-dealkylation sites (tertiary alicyclic amines) is 1. The minimum absolute atomic E-state index is 0.229. The molecule has 0 amide bonds. The van der Waals surface area contributed by atoms with E-state index in [1.807, 2.05) is 12.1 Å². The van der Waals surface area contributed by atoms with Crippen molar-refractivity contribution < 1.29 is 4.74 Å². The van der Waals surface area contributed by atoms with Crippen molar-refractivity contribution in [3.63, 3.8) is 0 Å². The molecule has 0 aromatic heterocycles. The van der Waals surface area contributed by atoms with Gasteiger partial charge in [0.2, 0.25) is 0 Å². The highest BCUT2D eigenvalue weighted by Gasteiger charge is 2.28. The van der Waals surface area contributed by atoms with Crippen LogP contribution in [-0.2, 0) is 0 Å². The molecule has 2 aliphatic rings. The Morgan fingerprint density at radius 1 is 1.29 bits per heavy atom. The van der Waals surface area contributed by atoms with Gasteiger partial charge in [0.05, 0.1) is 19.7 Å². The van der Waals surface area contributed by atoms with Crippen LogP contribution >= 0.6 is 0 Å². The molecule has 1 saturated heterocycles. The van der Waals surface area contributed by atoms with Crippen LogP contribution in [0.25, 0.3) is 0 Å². The number of piperidine rings is 1. The summed E-state index contributed by atoms with van der Waals surface area (Å²) in [5, 5.41) is 0. The van der Waals surface area contributed by atoms with Gasteiger partial charge in [0.15, 0.2) is 5.96 Å². The average Bonchev–Trinajstić information content (AvgIpc) is 3.47. The van der Waals surface area contributed by atoms with Gasteiger partial charge in [-0.1, -0.05) is 24.6 Å². The summed E-state index contributed by atoms with van der Waals surface area (Å²) in [5.41, 5.74) is 7.43. The second-order valence-corrected chi connectivity index (χ2v) is 6.90. The van der Waals surface area contributed by atoms with E-state index in [1.165, 1.54) is 37.7 Å². The van der Waals surface area contributed by atoms with E-state index >= 15 is 0 Å². The molecule has 24 heavy (non-hydrogen) atoms. The fourth-order valence-corrected chi connectivity index (χ4v) is 3.52. The van der Waals surface area contributed by atoms with Crippen LogP contribution < -0.4 is 10.5 Å². The lowest BCUT2D eigenvalue weighted by Gasteiger charge is -2.35. The third-order valence-corrected chi connectivity index (χ3v) is 5.21. The standard InChI is InChI=1S/C19H30N4O/c1-22(15-10-11-15)19(20)21-14-17(23-12-6-3-7-13-23)16-8-4-5-9-18(16)24-2/h4-5,8-9,15,17H,3,6-7,10-14H2,1-2H3,(H2,20,21). The van der Waals surface area contributed by atoms with Gasteiger partial charge in [-0.25, -0.2) is 0 Å². The van der Waals surface area contributed by atoms with Gasteiger partial charge < -0.3 is 15.4 Å². The normalized spacial score (nSPS) is 20.7. The molecule has 0 radical (unpaired) electrons. The summed E-state index contributed by atoms with van der Waals surface area (Å²) in [6.07, 6.45) is 6.30. The first-order valence-corrected chi connectivity index (χ1v) is 9.10. The van der Waals surface area contributed by atoms with Crippen LogP contribution in [0.2, 0.25) is 0 Å². The van der Waals surface area contributed by atoms with Gasteiger partial charge >= 0.3 is 0 Å². The smallest absolute Gasteiger partial charge is 0.191 e. The maximum atomic E-state index is 6.21. The minimum atomic E-state index is 0.229. The van der Waals surface area contributed by atoms with Crippen molar-refractivity contribution in [2.24, 2.45) is 10.7 Å². The van der Waals surface area contributed by atoms with Crippen LogP contribution in [0.4, 0.5) is 0 Å². The topological polar surface area (TPSA) is 54.1 Å². The number of nitrogens with two attached hydrogens (primary N) is 1. The molecular formula is C19H30N4O. The third-order valence-electron chi connectivity index (χ3n) is 5.21. The van der Waals surface area contributed by atoms with Crippen LogP contribution in [-0.4, -0.2) is 55.6 Å². The van der Waals surface area contributed by atoms with Gasteiger partial charge in [0.1, 0.15) is 5.75 Å². The molecule has 1 saturated carbocycles. The summed E-state index contributed by atoms with van der Waals surface area (Å²) >= 11 is 0. The lowest BCUT2D eigenvalue weighted by atomic mass is 10.0. The molecule has 2 fully saturated rings. The number of guanidine groups is 1. The van der Waals surface area contributed by atoms with E-state index in [4.69, 9.17) is 15.5 Å². The van der Waals surface area contributed by atoms with Crippen LogP contribution in [0, 0.1) is 0 Å². The van der Waals surface area contributed by atoms with E-state index in [1.54, 1.807) is 7.11 Å². The molecule has 1 heterocycles.